The molecular weight excluding hydrogens is 241 g/mol. The van der Waals surface area contributed by atoms with Crippen LogP contribution in [0.15, 0.2) is 29.2 Å². The number of sulfonamides is 1. The predicted molar refractivity (Wildman–Crippen MR) is 63.5 cm³/mol. The van der Waals surface area contributed by atoms with Crippen LogP contribution in [-0.4, -0.2) is 14.5 Å². The molecule has 94 valence electrons. The Morgan fingerprint density at radius 3 is 2.53 bits per heavy atom. The molecule has 2 rings (SSSR count). The summed E-state index contributed by atoms with van der Waals surface area (Å²) >= 11 is 0. The van der Waals surface area contributed by atoms with Crippen molar-refractivity contribution in [3.63, 3.8) is 0 Å². The van der Waals surface area contributed by atoms with Crippen LogP contribution < -0.4 is 4.72 Å². The maximum absolute atomic E-state index is 13.4. The molecule has 0 bridgehead atoms. The standard InChI is InChI=1S/C12H16FNO2S/c1-9(10-5-4-6-10)14-17(15,16)12-8-3-2-7-11(12)13/h2-3,7-10,14H,4-6H2,1H3. The van der Waals surface area contributed by atoms with Gasteiger partial charge in [0.1, 0.15) is 10.7 Å². The normalized spacial score (nSPS) is 18.7. The lowest BCUT2D eigenvalue weighted by molar-refractivity contribution is 0.260. The lowest BCUT2D eigenvalue weighted by Gasteiger charge is -2.31. The Hall–Kier alpha value is -0.940. The first-order chi connectivity index (χ1) is 8.00. The summed E-state index contributed by atoms with van der Waals surface area (Å²) in [6, 6.07) is 5.30. The van der Waals surface area contributed by atoms with Crippen LogP contribution in [0.25, 0.3) is 0 Å². The molecule has 0 aromatic heterocycles. The Kier molecular flexibility index (Phi) is 3.49. The minimum atomic E-state index is -3.74. The second-order valence-corrected chi connectivity index (χ2v) is 6.21. The number of hydrogen-bond acceptors (Lipinski definition) is 2. The van der Waals surface area contributed by atoms with E-state index in [0.717, 1.165) is 25.3 Å². The molecular formula is C12H16FNO2S. The molecule has 3 nitrogen and oxygen atoms in total. The maximum Gasteiger partial charge on any atom is 0.243 e. The predicted octanol–water partition coefficient (Wildman–Crippen LogP) is 2.29. The minimum absolute atomic E-state index is 0.131. The highest BCUT2D eigenvalue weighted by Crippen LogP contribution is 2.30. The second kappa shape index (κ2) is 4.74. The molecule has 1 N–H and O–H groups in total. The van der Waals surface area contributed by atoms with E-state index >= 15 is 0 Å². The van der Waals surface area contributed by atoms with E-state index in [1.165, 1.54) is 18.2 Å². The van der Waals surface area contributed by atoms with Gasteiger partial charge in [-0.3, -0.25) is 0 Å². The Morgan fingerprint density at radius 2 is 2.00 bits per heavy atom. The van der Waals surface area contributed by atoms with Crippen molar-refractivity contribution in [2.75, 3.05) is 0 Å². The molecule has 0 amide bonds. The molecule has 0 heterocycles. The van der Waals surface area contributed by atoms with E-state index in [1.54, 1.807) is 0 Å². The van der Waals surface area contributed by atoms with Crippen LogP contribution in [0.3, 0.4) is 0 Å². The SMILES string of the molecule is CC(NS(=O)(=O)c1ccccc1F)C1CCC1. The van der Waals surface area contributed by atoms with Gasteiger partial charge < -0.3 is 0 Å². The van der Waals surface area contributed by atoms with Crippen LogP contribution in [-0.2, 0) is 10.0 Å². The van der Waals surface area contributed by atoms with E-state index in [-0.39, 0.29) is 10.9 Å². The minimum Gasteiger partial charge on any atom is -0.208 e. The van der Waals surface area contributed by atoms with Gasteiger partial charge in [-0.1, -0.05) is 18.6 Å². The topological polar surface area (TPSA) is 46.2 Å². The number of benzene rings is 1. The molecule has 1 aromatic rings. The van der Waals surface area contributed by atoms with Crippen LogP contribution in [0.1, 0.15) is 26.2 Å². The summed E-state index contributed by atoms with van der Waals surface area (Å²) in [5, 5.41) is 0. The quantitative estimate of drug-likeness (QED) is 0.899. The monoisotopic (exact) mass is 257 g/mol. The third-order valence-corrected chi connectivity index (χ3v) is 4.92. The molecule has 1 fully saturated rings. The van der Waals surface area contributed by atoms with Gasteiger partial charge >= 0.3 is 0 Å². The van der Waals surface area contributed by atoms with Crippen molar-refractivity contribution < 1.29 is 12.8 Å². The third kappa shape index (κ3) is 2.66. The van der Waals surface area contributed by atoms with Gasteiger partial charge in [-0.05, 0) is 37.8 Å². The van der Waals surface area contributed by atoms with E-state index in [2.05, 4.69) is 4.72 Å². The van der Waals surface area contributed by atoms with Crippen molar-refractivity contribution in [1.82, 2.24) is 4.72 Å². The molecule has 1 unspecified atom stereocenters. The second-order valence-electron chi connectivity index (χ2n) is 4.53. The van der Waals surface area contributed by atoms with E-state index in [0.29, 0.717) is 5.92 Å². The third-order valence-electron chi connectivity index (χ3n) is 3.32. The summed E-state index contributed by atoms with van der Waals surface area (Å²) < 4.78 is 39.9. The highest BCUT2D eigenvalue weighted by atomic mass is 32.2. The first kappa shape index (κ1) is 12.5. The number of nitrogens with one attached hydrogen (secondary N) is 1. The average Bonchev–Trinajstić information content (AvgIpc) is 2.13. The van der Waals surface area contributed by atoms with Gasteiger partial charge in [-0.15, -0.1) is 0 Å². The molecule has 0 radical (unpaired) electrons. The molecule has 1 aliphatic carbocycles. The van der Waals surface area contributed by atoms with Gasteiger partial charge in [0.15, 0.2) is 0 Å². The van der Waals surface area contributed by atoms with E-state index in [4.69, 9.17) is 0 Å². The maximum atomic E-state index is 13.4. The average molecular weight is 257 g/mol. The first-order valence-electron chi connectivity index (χ1n) is 5.77. The van der Waals surface area contributed by atoms with Crippen molar-refractivity contribution in [2.45, 2.75) is 37.1 Å². The highest BCUT2D eigenvalue weighted by Gasteiger charge is 2.28. The van der Waals surface area contributed by atoms with Crippen LogP contribution in [0, 0.1) is 11.7 Å². The van der Waals surface area contributed by atoms with Crippen molar-refractivity contribution in [3.8, 4) is 0 Å². The Morgan fingerprint density at radius 1 is 1.35 bits per heavy atom. The lowest BCUT2D eigenvalue weighted by atomic mass is 9.81. The summed E-state index contributed by atoms with van der Waals surface area (Å²) in [6.07, 6.45) is 3.23. The molecule has 1 saturated carbocycles. The van der Waals surface area contributed by atoms with Crippen LogP contribution in [0.4, 0.5) is 4.39 Å². The number of halogens is 1. The van der Waals surface area contributed by atoms with Crippen LogP contribution >= 0.6 is 0 Å². The molecule has 5 heteroatoms. The van der Waals surface area contributed by atoms with Crippen molar-refractivity contribution in [2.24, 2.45) is 5.92 Å². The van der Waals surface area contributed by atoms with Crippen molar-refractivity contribution >= 4 is 10.0 Å². The van der Waals surface area contributed by atoms with E-state index in [9.17, 15) is 12.8 Å². The summed E-state index contributed by atoms with van der Waals surface area (Å²) in [4.78, 5) is -0.272. The smallest absolute Gasteiger partial charge is 0.208 e. The summed E-state index contributed by atoms with van der Waals surface area (Å²) in [5.41, 5.74) is 0. The molecule has 1 atom stereocenters. The fourth-order valence-corrected chi connectivity index (χ4v) is 3.40. The summed E-state index contributed by atoms with van der Waals surface area (Å²) in [5.74, 6) is -0.322. The molecule has 0 saturated heterocycles. The van der Waals surface area contributed by atoms with E-state index < -0.39 is 15.8 Å². The first-order valence-corrected chi connectivity index (χ1v) is 7.26. The number of hydrogen-bond donors (Lipinski definition) is 1. The van der Waals surface area contributed by atoms with Crippen molar-refractivity contribution in [3.05, 3.63) is 30.1 Å². The largest absolute Gasteiger partial charge is 0.243 e. The zero-order chi connectivity index (χ0) is 12.5. The molecule has 1 aliphatic rings. The zero-order valence-electron chi connectivity index (χ0n) is 9.69. The summed E-state index contributed by atoms with van der Waals surface area (Å²) in [7, 11) is -3.74. The van der Waals surface area contributed by atoms with Gasteiger partial charge in [0.25, 0.3) is 0 Å². The van der Waals surface area contributed by atoms with Gasteiger partial charge in [0.2, 0.25) is 10.0 Å². The Bertz CT molecular complexity index is 497. The van der Waals surface area contributed by atoms with E-state index in [1.807, 2.05) is 6.92 Å². The van der Waals surface area contributed by atoms with Gasteiger partial charge in [-0.25, -0.2) is 17.5 Å². The molecule has 0 spiro atoms. The number of rotatable bonds is 4. The zero-order valence-corrected chi connectivity index (χ0v) is 10.5. The molecule has 1 aromatic carbocycles. The highest BCUT2D eigenvalue weighted by molar-refractivity contribution is 7.89. The fourth-order valence-electron chi connectivity index (χ4n) is 2.01. The Labute approximate surface area is 101 Å². The van der Waals surface area contributed by atoms with Crippen molar-refractivity contribution in [1.29, 1.82) is 0 Å². The molecule has 17 heavy (non-hydrogen) atoms. The van der Waals surface area contributed by atoms with Gasteiger partial charge in [0.05, 0.1) is 0 Å². The Balaban J connectivity index is 2.16. The van der Waals surface area contributed by atoms with Crippen LogP contribution in [0.2, 0.25) is 0 Å². The summed E-state index contributed by atoms with van der Waals surface area (Å²) in [6.45, 7) is 1.84. The van der Waals surface area contributed by atoms with Crippen LogP contribution in [0.5, 0.6) is 0 Å². The van der Waals surface area contributed by atoms with Gasteiger partial charge in [0, 0.05) is 6.04 Å². The molecule has 0 aliphatic heterocycles. The van der Waals surface area contributed by atoms with Gasteiger partial charge in [-0.2, -0.15) is 0 Å². The lowest BCUT2D eigenvalue weighted by Crippen LogP contribution is -2.40. The fraction of sp³-hybridized carbons (Fsp3) is 0.500.